The second kappa shape index (κ2) is 5.16. The first-order valence-corrected chi connectivity index (χ1v) is 6.26. The Hall–Kier alpha value is -3.03. The van der Waals surface area contributed by atoms with Crippen LogP contribution in [0.1, 0.15) is 6.92 Å². The number of tetrazole rings is 1. The molecule has 3 rings (SSSR count). The Labute approximate surface area is 120 Å². The Kier molecular flexibility index (Phi) is 3.19. The van der Waals surface area contributed by atoms with Crippen LogP contribution < -0.4 is 5.32 Å². The predicted molar refractivity (Wildman–Crippen MR) is 73.3 cm³/mol. The van der Waals surface area contributed by atoms with Crippen molar-refractivity contribution in [3.63, 3.8) is 0 Å². The van der Waals surface area contributed by atoms with Gasteiger partial charge in [-0.25, -0.2) is 4.68 Å². The molecule has 2 amide bonds. The Morgan fingerprint density at radius 3 is 2.90 bits per heavy atom. The molecule has 1 aromatic carbocycles. The van der Waals surface area contributed by atoms with Crippen molar-refractivity contribution in [3.05, 3.63) is 42.4 Å². The van der Waals surface area contributed by atoms with Gasteiger partial charge in [-0.1, -0.05) is 6.07 Å². The smallest absolute Gasteiger partial charge is 0.255 e. The average molecular weight is 284 g/mol. The van der Waals surface area contributed by atoms with Crippen LogP contribution in [0.2, 0.25) is 0 Å². The molecular weight excluding hydrogens is 272 g/mol. The largest absolute Gasteiger partial charge is 0.357 e. The van der Waals surface area contributed by atoms with Crippen LogP contribution in [0.25, 0.3) is 5.69 Å². The monoisotopic (exact) mass is 284 g/mol. The number of imide groups is 1. The number of hydrogen-bond donors (Lipinski definition) is 1. The SMILES string of the molecule is CC(=O)N1CC(Nc2cccc(-n3cnnn3)c2)=CC1=O. The zero-order valence-corrected chi connectivity index (χ0v) is 11.2. The van der Waals surface area contributed by atoms with E-state index in [1.54, 1.807) is 0 Å². The molecule has 1 aliphatic rings. The molecule has 0 unspecified atom stereocenters. The highest BCUT2D eigenvalue weighted by Crippen LogP contribution is 2.18. The Bertz CT molecular complexity index is 722. The van der Waals surface area contributed by atoms with Gasteiger partial charge >= 0.3 is 0 Å². The molecule has 1 N–H and O–H groups in total. The van der Waals surface area contributed by atoms with Crippen molar-refractivity contribution >= 4 is 17.5 Å². The number of nitrogens with one attached hydrogen (secondary N) is 1. The molecule has 0 radical (unpaired) electrons. The first kappa shape index (κ1) is 13.0. The lowest BCUT2D eigenvalue weighted by Gasteiger charge is -2.13. The highest BCUT2D eigenvalue weighted by Gasteiger charge is 2.24. The summed E-state index contributed by atoms with van der Waals surface area (Å²) in [6.07, 6.45) is 2.92. The van der Waals surface area contributed by atoms with E-state index < -0.39 is 0 Å². The van der Waals surface area contributed by atoms with Gasteiger partial charge < -0.3 is 5.32 Å². The van der Waals surface area contributed by atoms with Crippen LogP contribution >= 0.6 is 0 Å². The molecule has 0 fully saturated rings. The third kappa shape index (κ3) is 2.64. The lowest BCUT2D eigenvalue weighted by atomic mass is 10.2. The van der Waals surface area contributed by atoms with E-state index in [1.165, 1.54) is 28.9 Å². The minimum absolute atomic E-state index is 0.253. The van der Waals surface area contributed by atoms with Crippen molar-refractivity contribution in [2.24, 2.45) is 0 Å². The van der Waals surface area contributed by atoms with E-state index in [4.69, 9.17) is 0 Å². The van der Waals surface area contributed by atoms with Crippen LogP contribution in [0.4, 0.5) is 5.69 Å². The lowest BCUT2D eigenvalue weighted by Crippen LogP contribution is -2.31. The summed E-state index contributed by atoms with van der Waals surface area (Å²) in [5.41, 5.74) is 2.25. The standard InChI is InChI=1S/C13H12N6O2/c1-9(20)18-7-11(6-13(18)21)15-10-3-2-4-12(5-10)19-8-14-16-17-19/h2-6,8,15H,7H2,1H3. The molecule has 21 heavy (non-hydrogen) atoms. The fraction of sp³-hybridized carbons (Fsp3) is 0.154. The summed E-state index contributed by atoms with van der Waals surface area (Å²) in [5.74, 6) is -0.572. The summed E-state index contributed by atoms with van der Waals surface area (Å²) < 4.78 is 1.53. The van der Waals surface area contributed by atoms with Gasteiger partial charge in [-0.2, -0.15) is 0 Å². The molecule has 106 valence electrons. The van der Waals surface area contributed by atoms with E-state index in [-0.39, 0.29) is 18.4 Å². The molecule has 0 atom stereocenters. The Balaban J connectivity index is 1.78. The first-order chi connectivity index (χ1) is 10.1. The van der Waals surface area contributed by atoms with Crippen LogP contribution in [-0.2, 0) is 9.59 Å². The number of hydrogen-bond acceptors (Lipinski definition) is 6. The van der Waals surface area contributed by atoms with Gasteiger partial charge in [0.2, 0.25) is 5.91 Å². The molecule has 0 spiro atoms. The number of carbonyl (C=O) groups excluding carboxylic acids is 2. The topological polar surface area (TPSA) is 93.0 Å². The van der Waals surface area contributed by atoms with Crippen LogP contribution in [0.3, 0.4) is 0 Å². The second-order valence-electron chi connectivity index (χ2n) is 4.54. The highest BCUT2D eigenvalue weighted by atomic mass is 16.2. The van der Waals surface area contributed by atoms with Gasteiger partial charge in [0.15, 0.2) is 0 Å². The zero-order chi connectivity index (χ0) is 14.8. The lowest BCUT2D eigenvalue weighted by molar-refractivity contribution is -0.138. The van der Waals surface area contributed by atoms with Crippen molar-refractivity contribution < 1.29 is 9.59 Å². The predicted octanol–water partition coefficient (Wildman–Crippen LogP) is 0.347. The van der Waals surface area contributed by atoms with Crippen molar-refractivity contribution in [1.82, 2.24) is 25.1 Å². The average Bonchev–Trinajstić information content (AvgIpc) is 3.09. The van der Waals surface area contributed by atoms with E-state index in [9.17, 15) is 9.59 Å². The molecule has 0 aliphatic carbocycles. The molecule has 0 bridgehead atoms. The summed E-state index contributed by atoms with van der Waals surface area (Å²) in [7, 11) is 0. The summed E-state index contributed by atoms with van der Waals surface area (Å²) >= 11 is 0. The van der Waals surface area contributed by atoms with Crippen LogP contribution in [0, 0.1) is 0 Å². The maximum atomic E-state index is 11.6. The fourth-order valence-corrected chi connectivity index (χ4v) is 2.05. The van der Waals surface area contributed by atoms with Gasteiger partial charge in [0, 0.05) is 24.4 Å². The van der Waals surface area contributed by atoms with E-state index >= 15 is 0 Å². The van der Waals surface area contributed by atoms with Crippen LogP contribution in [-0.4, -0.2) is 43.5 Å². The van der Waals surface area contributed by atoms with E-state index in [0.29, 0.717) is 5.70 Å². The van der Waals surface area contributed by atoms with E-state index in [1.807, 2.05) is 24.3 Å². The molecule has 0 saturated carbocycles. The van der Waals surface area contributed by atoms with Crippen LogP contribution in [0.5, 0.6) is 0 Å². The summed E-state index contributed by atoms with van der Waals surface area (Å²) in [6, 6.07) is 7.41. The van der Waals surface area contributed by atoms with Crippen LogP contribution in [0.15, 0.2) is 42.4 Å². The quantitative estimate of drug-likeness (QED) is 0.874. The highest BCUT2D eigenvalue weighted by molar-refractivity contribution is 6.03. The van der Waals surface area contributed by atoms with E-state index in [2.05, 4.69) is 20.8 Å². The normalized spacial score (nSPS) is 14.2. The molecule has 2 aromatic rings. The molecule has 0 saturated heterocycles. The minimum Gasteiger partial charge on any atom is -0.357 e. The number of benzene rings is 1. The third-order valence-corrected chi connectivity index (χ3v) is 3.04. The summed E-state index contributed by atoms with van der Waals surface area (Å²) in [6.45, 7) is 1.62. The Morgan fingerprint density at radius 2 is 2.24 bits per heavy atom. The molecule has 8 nitrogen and oxygen atoms in total. The zero-order valence-electron chi connectivity index (χ0n) is 11.2. The molecule has 8 heteroatoms. The van der Waals surface area contributed by atoms with Gasteiger partial charge in [0.25, 0.3) is 5.91 Å². The summed E-state index contributed by atoms with van der Waals surface area (Å²) in [5, 5.41) is 14.1. The first-order valence-electron chi connectivity index (χ1n) is 6.26. The van der Waals surface area contributed by atoms with Crippen molar-refractivity contribution in [2.45, 2.75) is 6.92 Å². The summed E-state index contributed by atoms with van der Waals surface area (Å²) in [4.78, 5) is 24.1. The maximum absolute atomic E-state index is 11.6. The maximum Gasteiger partial charge on any atom is 0.255 e. The second-order valence-corrected chi connectivity index (χ2v) is 4.54. The minimum atomic E-state index is -0.304. The molecule has 1 aliphatic heterocycles. The van der Waals surface area contributed by atoms with Crippen molar-refractivity contribution in [3.8, 4) is 5.69 Å². The number of amides is 2. The van der Waals surface area contributed by atoms with E-state index in [0.717, 1.165) is 11.4 Å². The van der Waals surface area contributed by atoms with Gasteiger partial charge in [-0.3, -0.25) is 14.5 Å². The number of nitrogens with zero attached hydrogens (tertiary/aromatic N) is 5. The number of carbonyl (C=O) groups is 2. The number of rotatable bonds is 3. The van der Waals surface area contributed by atoms with Crippen molar-refractivity contribution in [2.75, 3.05) is 11.9 Å². The van der Waals surface area contributed by atoms with Gasteiger partial charge in [0.1, 0.15) is 6.33 Å². The molecular formula is C13H12N6O2. The van der Waals surface area contributed by atoms with Gasteiger partial charge in [-0.15, -0.1) is 5.10 Å². The van der Waals surface area contributed by atoms with Gasteiger partial charge in [-0.05, 0) is 28.6 Å². The number of aromatic nitrogens is 4. The molecule has 2 heterocycles. The van der Waals surface area contributed by atoms with Gasteiger partial charge in [0.05, 0.1) is 12.2 Å². The third-order valence-electron chi connectivity index (χ3n) is 3.04. The van der Waals surface area contributed by atoms with Crippen molar-refractivity contribution in [1.29, 1.82) is 0 Å². The number of anilines is 1. The molecule has 1 aromatic heterocycles. The fourth-order valence-electron chi connectivity index (χ4n) is 2.05. The Morgan fingerprint density at radius 1 is 1.38 bits per heavy atom.